The Kier molecular flexibility index (Phi) is 6.68. The fourth-order valence-electron chi connectivity index (χ4n) is 3.55. The molecule has 0 bridgehead atoms. The van der Waals surface area contributed by atoms with Gasteiger partial charge in [0.15, 0.2) is 5.65 Å². The molecule has 1 atom stereocenters. The van der Waals surface area contributed by atoms with Crippen LogP contribution >= 0.6 is 24.8 Å². The van der Waals surface area contributed by atoms with Crippen molar-refractivity contribution in [1.82, 2.24) is 19.5 Å². The van der Waals surface area contributed by atoms with Crippen molar-refractivity contribution < 1.29 is 4.79 Å². The number of benzene rings is 1. The zero-order valence-corrected chi connectivity index (χ0v) is 16.7. The quantitative estimate of drug-likeness (QED) is 0.659. The first-order valence-corrected chi connectivity index (χ1v) is 8.58. The number of carbonyl (C=O) groups is 1. The lowest BCUT2D eigenvalue weighted by molar-refractivity contribution is 0.0703. The van der Waals surface area contributed by atoms with Crippen LogP contribution < -0.4 is 5.73 Å². The molecular formula is C19H23Cl2N5O. The highest BCUT2D eigenvalue weighted by atomic mass is 35.5. The fraction of sp³-hybridized carbons (Fsp3) is 0.316. The van der Waals surface area contributed by atoms with Gasteiger partial charge in [-0.15, -0.1) is 35.0 Å². The first-order valence-electron chi connectivity index (χ1n) is 8.58. The summed E-state index contributed by atoms with van der Waals surface area (Å²) in [4.78, 5) is 14.9. The summed E-state index contributed by atoms with van der Waals surface area (Å²) in [6.45, 7) is 3.36. The molecule has 1 fully saturated rings. The van der Waals surface area contributed by atoms with Gasteiger partial charge in [-0.2, -0.15) is 0 Å². The average Bonchev–Trinajstić information content (AvgIpc) is 3.07. The number of amides is 1. The number of piperidine rings is 1. The molecular weight excluding hydrogens is 385 g/mol. The van der Waals surface area contributed by atoms with Gasteiger partial charge in [0.05, 0.1) is 0 Å². The molecule has 1 unspecified atom stereocenters. The fourth-order valence-corrected chi connectivity index (χ4v) is 3.55. The van der Waals surface area contributed by atoms with Crippen LogP contribution in [0.4, 0.5) is 5.69 Å². The predicted octanol–water partition coefficient (Wildman–Crippen LogP) is 3.48. The third-order valence-corrected chi connectivity index (χ3v) is 4.91. The van der Waals surface area contributed by atoms with E-state index in [1.165, 1.54) is 0 Å². The topological polar surface area (TPSA) is 76.5 Å². The Hall–Kier alpha value is -2.31. The van der Waals surface area contributed by atoms with Crippen LogP contribution in [0.15, 0.2) is 42.6 Å². The minimum absolute atomic E-state index is 0. The smallest absolute Gasteiger partial charge is 0.254 e. The summed E-state index contributed by atoms with van der Waals surface area (Å²) in [5.74, 6) is 1.16. The third-order valence-electron chi connectivity index (χ3n) is 4.91. The summed E-state index contributed by atoms with van der Waals surface area (Å²) in [6.07, 6.45) is 3.95. The Bertz CT molecular complexity index is 943. The Morgan fingerprint density at radius 1 is 1.19 bits per heavy atom. The maximum atomic E-state index is 13.0. The molecule has 144 valence electrons. The van der Waals surface area contributed by atoms with Crippen molar-refractivity contribution in [2.75, 3.05) is 18.8 Å². The zero-order chi connectivity index (χ0) is 17.4. The molecule has 6 nitrogen and oxygen atoms in total. The second-order valence-electron chi connectivity index (χ2n) is 6.65. The monoisotopic (exact) mass is 407 g/mol. The van der Waals surface area contributed by atoms with Crippen molar-refractivity contribution in [2.24, 2.45) is 0 Å². The number of carbonyl (C=O) groups excluding carboxylic acids is 1. The van der Waals surface area contributed by atoms with E-state index in [4.69, 9.17) is 5.73 Å². The molecule has 2 aromatic heterocycles. The summed E-state index contributed by atoms with van der Waals surface area (Å²) in [7, 11) is 0. The zero-order valence-electron chi connectivity index (χ0n) is 15.0. The van der Waals surface area contributed by atoms with E-state index in [9.17, 15) is 4.79 Å². The van der Waals surface area contributed by atoms with E-state index in [1.54, 1.807) is 6.07 Å². The minimum atomic E-state index is 0. The number of nitrogens with zero attached hydrogens (tertiary/aromatic N) is 4. The molecule has 0 saturated carbocycles. The summed E-state index contributed by atoms with van der Waals surface area (Å²) in [6, 6.07) is 11.4. The van der Waals surface area contributed by atoms with Crippen LogP contribution in [-0.2, 0) is 0 Å². The molecule has 0 radical (unpaired) electrons. The Morgan fingerprint density at radius 2 is 2.00 bits per heavy atom. The maximum absolute atomic E-state index is 13.0. The second kappa shape index (κ2) is 8.59. The summed E-state index contributed by atoms with van der Waals surface area (Å²) in [5.41, 5.74) is 8.97. The van der Waals surface area contributed by atoms with Gasteiger partial charge >= 0.3 is 0 Å². The molecule has 3 aromatic rings. The maximum Gasteiger partial charge on any atom is 0.254 e. The molecule has 1 aliphatic heterocycles. The van der Waals surface area contributed by atoms with Gasteiger partial charge in [-0.3, -0.25) is 9.20 Å². The van der Waals surface area contributed by atoms with Crippen LogP contribution in [0.25, 0.3) is 5.65 Å². The molecule has 8 heteroatoms. The summed E-state index contributed by atoms with van der Waals surface area (Å²) < 4.78 is 2.02. The lowest BCUT2D eigenvalue weighted by atomic mass is 9.96. The van der Waals surface area contributed by atoms with Gasteiger partial charge in [0.2, 0.25) is 0 Å². The van der Waals surface area contributed by atoms with Crippen molar-refractivity contribution in [3.8, 4) is 0 Å². The van der Waals surface area contributed by atoms with Crippen LogP contribution in [0, 0.1) is 6.92 Å². The van der Waals surface area contributed by atoms with E-state index in [0.717, 1.165) is 36.4 Å². The third kappa shape index (κ3) is 4.01. The number of likely N-dealkylation sites (tertiary alicyclic amines) is 1. The van der Waals surface area contributed by atoms with Gasteiger partial charge in [-0.25, -0.2) is 0 Å². The standard InChI is InChI=1S/C19H21N5O.2ClH/c1-13-7-8-15(20)11-16(13)19(25)23-9-4-5-14(12-23)18-22-21-17-6-2-3-10-24(17)18;;/h2-3,6-8,10-11,14H,4-5,9,12,20H2,1H3;2*1H. The molecule has 0 spiro atoms. The van der Waals surface area contributed by atoms with Crippen molar-refractivity contribution in [3.63, 3.8) is 0 Å². The van der Waals surface area contributed by atoms with Crippen LogP contribution in [0.3, 0.4) is 0 Å². The number of nitrogens with two attached hydrogens (primary N) is 1. The normalized spacial score (nSPS) is 16.5. The number of aromatic nitrogens is 3. The number of pyridine rings is 1. The SMILES string of the molecule is Cc1ccc(N)cc1C(=O)N1CCCC(c2nnc3ccccn23)C1.Cl.Cl. The largest absolute Gasteiger partial charge is 0.399 e. The van der Waals surface area contributed by atoms with Crippen LogP contribution in [-0.4, -0.2) is 38.5 Å². The highest BCUT2D eigenvalue weighted by Crippen LogP contribution is 2.27. The molecule has 3 heterocycles. The van der Waals surface area contributed by atoms with Gasteiger partial charge in [-0.1, -0.05) is 12.1 Å². The number of aryl methyl sites for hydroxylation is 1. The number of hydrogen-bond acceptors (Lipinski definition) is 4. The van der Waals surface area contributed by atoms with Gasteiger partial charge < -0.3 is 10.6 Å². The molecule has 0 aliphatic carbocycles. The number of anilines is 1. The molecule has 1 aromatic carbocycles. The molecule has 2 N–H and O–H groups in total. The first-order chi connectivity index (χ1) is 12.1. The van der Waals surface area contributed by atoms with Crippen molar-refractivity contribution >= 4 is 42.1 Å². The molecule has 1 amide bonds. The molecule has 27 heavy (non-hydrogen) atoms. The van der Waals surface area contributed by atoms with Crippen molar-refractivity contribution in [2.45, 2.75) is 25.7 Å². The van der Waals surface area contributed by atoms with Gasteiger partial charge in [0, 0.05) is 36.5 Å². The van der Waals surface area contributed by atoms with E-state index >= 15 is 0 Å². The van der Waals surface area contributed by atoms with E-state index in [-0.39, 0.29) is 36.6 Å². The predicted molar refractivity (Wildman–Crippen MR) is 111 cm³/mol. The average molecular weight is 408 g/mol. The Labute approximate surface area is 170 Å². The lowest BCUT2D eigenvalue weighted by Crippen LogP contribution is -2.39. The van der Waals surface area contributed by atoms with Gasteiger partial charge in [-0.05, 0) is 49.6 Å². The second-order valence-corrected chi connectivity index (χ2v) is 6.65. The van der Waals surface area contributed by atoms with Crippen molar-refractivity contribution in [1.29, 1.82) is 0 Å². The lowest BCUT2D eigenvalue weighted by Gasteiger charge is -2.32. The highest BCUT2D eigenvalue weighted by molar-refractivity contribution is 5.96. The molecule has 1 aliphatic rings. The Balaban J connectivity index is 0.00000131. The van der Waals surface area contributed by atoms with E-state index in [1.807, 2.05) is 52.8 Å². The summed E-state index contributed by atoms with van der Waals surface area (Å²) >= 11 is 0. The van der Waals surface area contributed by atoms with Crippen LogP contribution in [0.1, 0.15) is 40.5 Å². The molecule has 4 rings (SSSR count). The summed E-state index contributed by atoms with van der Waals surface area (Å²) in [5, 5.41) is 8.61. The van der Waals surface area contributed by atoms with Crippen molar-refractivity contribution in [3.05, 3.63) is 59.5 Å². The van der Waals surface area contributed by atoms with Gasteiger partial charge in [0.25, 0.3) is 5.91 Å². The van der Waals surface area contributed by atoms with E-state index in [0.29, 0.717) is 17.8 Å². The van der Waals surface area contributed by atoms with Crippen LogP contribution in [0.2, 0.25) is 0 Å². The highest BCUT2D eigenvalue weighted by Gasteiger charge is 2.29. The number of fused-ring (bicyclic) bond motifs is 1. The first kappa shape index (κ1) is 21.0. The number of nitrogen functional groups attached to an aromatic ring is 1. The number of halogens is 2. The number of rotatable bonds is 2. The van der Waals surface area contributed by atoms with E-state index < -0.39 is 0 Å². The van der Waals surface area contributed by atoms with E-state index in [2.05, 4.69) is 10.2 Å². The number of hydrogen-bond donors (Lipinski definition) is 1. The Morgan fingerprint density at radius 3 is 2.81 bits per heavy atom. The molecule has 1 saturated heterocycles. The van der Waals surface area contributed by atoms with Gasteiger partial charge in [0.1, 0.15) is 5.82 Å². The minimum Gasteiger partial charge on any atom is -0.399 e. The van der Waals surface area contributed by atoms with Crippen LogP contribution in [0.5, 0.6) is 0 Å².